The Bertz CT molecular complexity index is 244. The van der Waals surface area contributed by atoms with Crippen LogP contribution >= 0.6 is 0 Å². The number of carbonyl (C=O) groups is 1. The summed E-state index contributed by atoms with van der Waals surface area (Å²) in [4.78, 5) is 15.0. The van der Waals surface area contributed by atoms with Crippen LogP contribution in [0.4, 0.5) is 0 Å². The third-order valence-corrected chi connectivity index (χ3v) is 1.14. The number of aliphatic imine (C=N–C) groups is 1. The summed E-state index contributed by atoms with van der Waals surface area (Å²) in [6, 6.07) is 0. The van der Waals surface area contributed by atoms with Crippen molar-refractivity contribution in [3.05, 3.63) is 0 Å². The van der Waals surface area contributed by atoms with Crippen LogP contribution in [0, 0.1) is 0 Å². The van der Waals surface area contributed by atoms with Crippen LogP contribution in [-0.4, -0.2) is 28.0 Å². The maximum absolute atomic E-state index is 10.9. The monoisotopic (exact) mass is 200 g/mol. The molecule has 0 aromatic heterocycles. The summed E-state index contributed by atoms with van der Waals surface area (Å²) in [5.74, 6) is -1.00. The number of nitrogens with zero attached hydrogens (tertiary/aromatic N) is 1. The number of carboxylic acids is 1. The molecule has 0 aliphatic rings. The van der Waals surface area contributed by atoms with Crippen molar-refractivity contribution in [1.82, 2.24) is 5.32 Å². The van der Waals surface area contributed by atoms with E-state index in [1.54, 1.807) is 0 Å². The number of hydrogen-bond donors (Lipinski definition) is 2. The average Bonchev–Trinajstić information content (AvgIpc) is 1.78. The van der Waals surface area contributed by atoms with Crippen molar-refractivity contribution in [3.63, 3.8) is 0 Å². The van der Waals surface area contributed by atoms with E-state index in [1.165, 1.54) is 0 Å². The zero-order valence-corrected chi connectivity index (χ0v) is 9.80. The third kappa shape index (κ3) is 6.46. The smallest absolute Gasteiger partial charge is 0.371 e. The summed E-state index contributed by atoms with van der Waals surface area (Å²) in [7, 11) is 0. The fraction of sp³-hybridized carbons (Fsp3) is 0.800. The van der Waals surface area contributed by atoms with E-state index >= 15 is 0 Å². The predicted molar refractivity (Wildman–Crippen MR) is 57.7 cm³/mol. The molecule has 0 heterocycles. The summed E-state index contributed by atoms with van der Waals surface area (Å²) in [5.41, 5.74) is -0.672. The molecule has 4 heteroatoms. The van der Waals surface area contributed by atoms with Crippen LogP contribution in [0.15, 0.2) is 4.99 Å². The van der Waals surface area contributed by atoms with Gasteiger partial charge >= 0.3 is 5.97 Å². The molecule has 0 aromatic rings. The topological polar surface area (TPSA) is 61.7 Å². The molecule has 0 aromatic carbocycles. The first-order chi connectivity index (χ1) is 6.01. The molecule has 0 bridgehead atoms. The van der Waals surface area contributed by atoms with Crippen LogP contribution in [0.25, 0.3) is 0 Å². The van der Waals surface area contributed by atoms with Crippen molar-refractivity contribution in [2.75, 3.05) is 0 Å². The van der Waals surface area contributed by atoms with Gasteiger partial charge in [0.1, 0.15) is 0 Å². The van der Waals surface area contributed by atoms with Crippen molar-refractivity contribution in [2.45, 2.75) is 52.6 Å². The quantitative estimate of drug-likeness (QED) is 0.461. The average molecular weight is 200 g/mol. The molecule has 14 heavy (non-hydrogen) atoms. The van der Waals surface area contributed by atoms with Gasteiger partial charge in [0.25, 0.3) is 0 Å². The highest BCUT2D eigenvalue weighted by atomic mass is 16.4. The normalized spacial score (nSPS) is 14.0. The molecule has 0 saturated heterocycles. The molecule has 0 aliphatic carbocycles. The van der Waals surface area contributed by atoms with E-state index in [9.17, 15) is 4.79 Å². The van der Waals surface area contributed by atoms with Crippen molar-refractivity contribution in [2.24, 2.45) is 4.99 Å². The molecule has 0 rings (SSSR count). The number of aliphatic carboxylic acids is 1. The van der Waals surface area contributed by atoms with Gasteiger partial charge in [-0.2, -0.15) is 0 Å². The zero-order valence-electron chi connectivity index (χ0n) is 9.80. The molecule has 0 radical (unpaired) electrons. The number of rotatable bonds is 0. The molecule has 0 amide bonds. The number of nitrogens with one attached hydrogen (secondary N) is 1. The fourth-order valence-corrected chi connectivity index (χ4v) is 0.820. The molecule has 4 nitrogen and oxygen atoms in total. The van der Waals surface area contributed by atoms with Crippen molar-refractivity contribution in [1.29, 1.82) is 0 Å². The van der Waals surface area contributed by atoms with Crippen LogP contribution in [-0.2, 0) is 4.79 Å². The van der Waals surface area contributed by atoms with Crippen molar-refractivity contribution >= 4 is 11.8 Å². The van der Waals surface area contributed by atoms with Crippen LogP contribution < -0.4 is 5.32 Å². The van der Waals surface area contributed by atoms with Gasteiger partial charge in [0, 0.05) is 5.54 Å². The standard InChI is InChI=1S/C10H20N2O2/c1-9(2,3)11-7(8(13)14)12-10(4,5)6/h1-6H3,(H,11,12)(H,13,14). The Morgan fingerprint density at radius 1 is 1.14 bits per heavy atom. The Balaban J connectivity index is 4.81. The van der Waals surface area contributed by atoms with E-state index in [-0.39, 0.29) is 16.9 Å². The highest BCUT2D eigenvalue weighted by molar-refractivity contribution is 6.34. The van der Waals surface area contributed by atoms with E-state index in [0.29, 0.717) is 0 Å². The van der Waals surface area contributed by atoms with E-state index < -0.39 is 5.97 Å². The zero-order chi connectivity index (χ0) is 11.6. The van der Waals surface area contributed by atoms with Gasteiger partial charge in [-0.1, -0.05) is 0 Å². The minimum atomic E-state index is -1.02. The van der Waals surface area contributed by atoms with Gasteiger partial charge in [0.2, 0.25) is 5.84 Å². The van der Waals surface area contributed by atoms with E-state index in [0.717, 1.165) is 0 Å². The third-order valence-electron chi connectivity index (χ3n) is 1.14. The van der Waals surface area contributed by atoms with E-state index in [1.807, 2.05) is 41.5 Å². The molecule has 0 saturated carbocycles. The van der Waals surface area contributed by atoms with Gasteiger partial charge in [0.15, 0.2) is 0 Å². The second-order valence-electron chi connectivity index (χ2n) is 5.31. The Labute approximate surface area is 85.4 Å². The number of hydrogen-bond acceptors (Lipinski definition) is 2. The van der Waals surface area contributed by atoms with Crippen molar-refractivity contribution < 1.29 is 9.90 Å². The van der Waals surface area contributed by atoms with Gasteiger partial charge < -0.3 is 10.4 Å². The Hall–Kier alpha value is -1.06. The van der Waals surface area contributed by atoms with Gasteiger partial charge in [-0.3, -0.25) is 4.99 Å². The molecule has 0 unspecified atom stereocenters. The van der Waals surface area contributed by atoms with E-state index in [2.05, 4.69) is 10.3 Å². The SMILES string of the molecule is CC(C)(C)N=C(NC(C)(C)C)C(=O)O. The molecular weight excluding hydrogens is 180 g/mol. The fourth-order valence-electron chi connectivity index (χ4n) is 0.820. The number of amidine groups is 1. The molecule has 0 spiro atoms. The summed E-state index contributed by atoms with van der Waals surface area (Å²) in [6.45, 7) is 11.3. The van der Waals surface area contributed by atoms with E-state index in [4.69, 9.17) is 5.11 Å². The molecule has 82 valence electrons. The first kappa shape index (κ1) is 12.9. The second kappa shape index (κ2) is 3.98. The maximum Gasteiger partial charge on any atom is 0.371 e. The molecular formula is C10H20N2O2. The lowest BCUT2D eigenvalue weighted by molar-refractivity contribution is -0.129. The molecule has 0 aliphatic heterocycles. The van der Waals surface area contributed by atoms with Crippen LogP contribution in [0.5, 0.6) is 0 Å². The Morgan fingerprint density at radius 3 is 1.79 bits per heavy atom. The number of carboxylic acid groups (broad SMARTS) is 1. The lowest BCUT2D eigenvalue weighted by Crippen LogP contribution is -2.45. The Kier molecular flexibility index (Phi) is 3.68. The Morgan fingerprint density at radius 2 is 1.57 bits per heavy atom. The minimum Gasteiger partial charge on any atom is -0.475 e. The summed E-state index contributed by atoms with van der Waals surface area (Å²) in [6.07, 6.45) is 0. The highest BCUT2D eigenvalue weighted by Gasteiger charge is 2.20. The largest absolute Gasteiger partial charge is 0.475 e. The molecule has 2 N–H and O–H groups in total. The van der Waals surface area contributed by atoms with Crippen LogP contribution in [0.3, 0.4) is 0 Å². The molecule has 0 fully saturated rings. The van der Waals surface area contributed by atoms with Gasteiger partial charge in [-0.05, 0) is 41.5 Å². The molecule has 0 atom stereocenters. The van der Waals surface area contributed by atoms with Gasteiger partial charge in [-0.15, -0.1) is 0 Å². The van der Waals surface area contributed by atoms with Gasteiger partial charge in [0.05, 0.1) is 5.54 Å². The lowest BCUT2D eigenvalue weighted by atomic mass is 10.1. The maximum atomic E-state index is 10.9. The van der Waals surface area contributed by atoms with Crippen LogP contribution in [0.2, 0.25) is 0 Å². The lowest BCUT2D eigenvalue weighted by Gasteiger charge is -2.23. The summed E-state index contributed by atoms with van der Waals surface area (Å²) >= 11 is 0. The highest BCUT2D eigenvalue weighted by Crippen LogP contribution is 2.08. The van der Waals surface area contributed by atoms with Crippen LogP contribution in [0.1, 0.15) is 41.5 Å². The minimum absolute atomic E-state index is 0.0185. The predicted octanol–water partition coefficient (Wildman–Crippen LogP) is 1.66. The summed E-state index contributed by atoms with van der Waals surface area (Å²) < 4.78 is 0. The first-order valence-electron chi connectivity index (χ1n) is 4.62. The second-order valence-corrected chi connectivity index (χ2v) is 5.31. The van der Waals surface area contributed by atoms with Crippen molar-refractivity contribution in [3.8, 4) is 0 Å². The van der Waals surface area contributed by atoms with Gasteiger partial charge in [-0.25, -0.2) is 4.79 Å². The first-order valence-corrected chi connectivity index (χ1v) is 4.62. The summed E-state index contributed by atoms with van der Waals surface area (Å²) in [5, 5.41) is 11.8.